The smallest absolute Gasteiger partial charge is 0.246 e. The van der Waals surface area contributed by atoms with Gasteiger partial charge in [-0.15, -0.1) is 0 Å². The molecule has 0 saturated carbocycles. The van der Waals surface area contributed by atoms with Crippen LogP contribution in [0.5, 0.6) is 0 Å². The van der Waals surface area contributed by atoms with Gasteiger partial charge in [0, 0.05) is 19.0 Å². The average Bonchev–Trinajstić information content (AvgIpc) is 2.45. The summed E-state index contributed by atoms with van der Waals surface area (Å²) in [6.07, 6.45) is 5.13. The number of rotatable bonds is 5. The maximum atomic E-state index is 11.9. The van der Waals surface area contributed by atoms with E-state index in [0.29, 0.717) is 13.0 Å². The summed E-state index contributed by atoms with van der Waals surface area (Å²) in [5, 5.41) is 0. The van der Waals surface area contributed by atoms with Gasteiger partial charge in [-0.1, -0.05) is 32.8 Å². The Morgan fingerprint density at radius 3 is 2.50 bits per heavy atom. The number of ketones is 1. The monoisotopic (exact) mass is 251 g/mol. The summed E-state index contributed by atoms with van der Waals surface area (Å²) in [4.78, 5) is 25.3. The van der Waals surface area contributed by atoms with Crippen molar-refractivity contribution < 1.29 is 9.59 Å². The molecule has 0 aliphatic carbocycles. The first kappa shape index (κ1) is 14.9. The van der Waals surface area contributed by atoms with Gasteiger partial charge in [0.05, 0.1) is 6.54 Å². The number of allylic oxidation sites excluding steroid dienone is 1. The molecule has 3 nitrogen and oxygen atoms in total. The predicted molar refractivity (Wildman–Crippen MR) is 73.3 cm³/mol. The number of likely N-dealkylation sites (N-methyl/N-ethyl adjacent to an activating group) is 1. The van der Waals surface area contributed by atoms with E-state index < -0.39 is 0 Å². The quantitative estimate of drug-likeness (QED) is 0.753. The van der Waals surface area contributed by atoms with Crippen LogP contribution in [0.25, 0.3) is 0 Å². The normalized spacial score (nSPS) is 17.8. The van der Waals surface area contributed by atoms with Gasteiger partial charge in [-0.2, -0.15) is 0 Å². The summed E-state index contributed by atoms with van der Waals surface area (Å²) in [6, 6.07) is 0. The van der Waals surface area contributed by atoms with Crippen LogP contribution in [-0.4, -0.2) is 29.7 Å². The number of hydrogen-bond acceptors (Lipinski definition) is 2. The van der Waals surface area contributed by atoms with Crippen molar-refractivity contribution >= 4 is 11.7 Å². The second kappa shape index (κ2) is 6.17. The molecule has 0 spiro atoms. The van der Waals surface area contributed by atoms with Gasteiger partial charge in [0.2, 0.25) is 5.91 Å². The number of hydrogen-bond donors (Lipinski definition) is 0. The summed E-state index contributed by atoms with van der Waals surface area (Å²) in [5.74, 6) is 0.149. The summed E-state index contributed by atoms with van der Waals surface area (Å²) < 4.78 is 0. The van der Waals surface area contributed by atoms with Crippen LogP contribution in [-0.2, 0) is 9.59 Å². The molecule has 0 aromatic carbocycles. The van der Waals surface area contributed by atoms with Gasteiger partial charge >= 0.3 is 0 Å². The molecule has 0 aromatic rings. The van der Waals surface area contributed by atoms with E-state index in [0.717, 1.165) is 24.8 Å². The van der Waals surface area contributed by atoms with Crippen LogP contribution in [0.1, 0.15) is 53.4 Å². The number of carbonyl (C=O) groups excluding carboxylic acids is 2. The molecule has 0 N–H and O–H groups in total. The largest absolute Gasteiger partial charge is 0.332 e. The number of amides is 1. The molecule has 18 heavy (non-hydrogen) atoms. The molecule has 1 aliphatic rings. The van der Waals surface area contributed by atoms with Gasteiger partial charge < -0.3 is 4.90 Å². The van der Waals surface area contributed by atoms with E-state index in [1.807, 2.05) is 6.92 Å². The third-order valence-electron chi connectivity index (χ3n) is 3.89. The molecule has 1 rings (SSSR count). The molecule has 0 bridgehead atoms. The Kier molecular flexibility index (Phi) is 5.12. The zero-order valence-corrected chi connectivity index (χ0v) is 12.1. The minimum atomic E-state index is -0.00680. The van der Waals surface area contributed by atoms with Crippen molar-refractivity contribution in [2.75, 3.05) is 13.1 Å². The minimum Gasteiger partial charge on any atom is -0.332 e. The van der Waals surface area contributed by atoms with E-state index in [-0.39, 0.29) is 23.7 Å². The van der Waals surface area contributed by atoms with Crippen molar-refractivity contribution in [1.29, 1.82) is 0 Å². The molecule has 0 saturated heterocycles. The fourth-order valence-corrected chi connectivity index (χ4v) is 2.02. The van der Waals surface area contributed by atoms with Crippen LogP contribution in [0, 0.1) is 5.41 Å². The SMILES string of the molecule is CCN1CC(=O)CC(CCC(C)(C)CC)=CC1=O. The third kappa shape index (κ3) is 4.28. The minimum absolute atomic E-state index is 0.00680. The van der Waals surface area contributed by atoms with Gasteiger partial charge in [0.15, 0.2) is 5.78 Å². The number of Topliss-reactive ketones (excluding diaryl/α,β-unsaturated/α-hetero) is 1. The molecule has 0 atom stereocenters. The molecule has 1 heterocycles. The molecule has 3 heteroatoms. The Morgan fingerprint density at radius 2 is 1.94 bits per heavy atom. The second-order valence-corrected chi connectivity index (χ2v) is 5.89. The lowest BCUT2D eigenvalue weighted by atomic mass is 9.83. The molecule has 0 aromatic heterocycles. The summed E-state index contributed by atoms with van der Waals surface area (Å²) in [6.45, 7) is 9.42. The lowest BCUT2D eigenvalue weighted by Crippen LogP contribution is -2.32. The highest BCUT2D eigenvalue weighted by molar-refractivity contribution is 5.96. The fraction of sp³-hybridized carbons (Fsp3) is 0.733. The van der Waals surface area contributed by atoms with E-state index in [4.69, 9.17) is 0 Å². The molecule has 0 fully saturated rings. The highest BCUT2D eigenvalue weighted by Crippen LogP contribution is 2.29. The predicted octanol–water partition coefficient (Wildman–Crippen LogP) is 2.95. The maximum Gasteiger partial charge on any atom is 0.246 e. The Morgan fingerprint density at radius 1 is 1.28 bits per heavy atom. The average molecular weight is 251 g/mol. The van der Waals surface area contributed by atoms with Gasteiger partial charge in [-0.25, -0.2) is 0 Å². The van der Waals surface area contributed by atoms with E-state index in [2.05, 4.69) is 20.8 Å². The maximum absolute atomic E-state index is 11.9. The van der Waals surface area contributed by atoms with Gasteiger partial charge in [0.25, 0.3) is 0 Å². The van der Waals surface area contributed by atoms with Crippen molar-refractivity contribution in [3.63, 3.8) is 0 Å². The molecular formula is C15H25NO2. The zero-order valence-electron chi connectivity index (χ0n) is 12.1. The first-order valence-corrected chi connectivity index (χ1v) is 6.88. The first-order valence-electron chi connectivity index (χ1n) is 6.88. The molecular weight excluding hydrogens is 226 g/mol. The van der Waals surface area contributed by atoms with Crippen molar-refractivity contribution in [3.05, 3.63) is 11.6 Å². The lowest BCUT2D eigenvalue weighted by Gasteiger charge is -2.22. The standard InChI is InChI=1S/C15H25NO2/c1-5-15(3,4)8-7-12-9-13(17)11-16(6-2)14(18)10-12/h10H,5-9,11H2,1-4H3. The van der Waals surface area contributed by atoms with Gasteiger partial charge in [0.1, 0.15) is 0 Å². The van der Waals surface area contributed by atoms with Gasteiger partial charge in [-0.05, 0) is 25.2 Å². The van der Waals surface area contributed by atoms with Crippen LogP contribution in [0.4, 0.5) is 0 Å². The Bertz CT molecular complexity index is 356. The molecule has 0 unspecified atom stereocenters. The van der Waals surface area contributed by atoms with Crippen LogP contribution >= 0.6 is 0 Å². The Hall–Kier alpha value is -1.12. The van der Waals surface area contributed by atoms with Crippen molar-refractivity contribution in [2.24, 2.45) is 5.41 Å². The molecule has 0 radical (unpaired) electrons. The van der Waals surface area contributed by atoms with E-state index >= 15 is 0 Å². The summed E-state index contributed by atoms with van der Waals surface area (Å²) in [7, 11) is 0. The van der Waals surface area contributed by atoms with Crippen molar-refractivity contribution in [2.45, 2.75) is 53.4 Å². The number of nitrogens with zero attached hydrogens (tertiary/aromatic N) is 1. The molecule has 102 valence electrons. The van der Waals surface area contributed by atoms with Crippen LogP contribution in [0.15, 0.2) is 11.6 Å². The molecule has 1 amide bonds. The molecule has 1 aliphatic heterocycles. The Balaban J connectivity index is 2.70. The van der Waals surface area contributed by atoms with Crippen molar-refractivity contribution in [3.8, 4) is 0 Å². The van der Waals surface area contributed by atoms with Crippen LogP contribution in [0.2, 0.25) is 0 Å². The van der Waals surface area contributed by atoms with Crippen LogP contribution in [0.3, 0.4) is 0 Å². The number of carbonyl (C=O) groups is 2. The first-order chi connectivity index (χ1) is 8.38. The van der Waals surface area contributed by atoms with E-state index in [1.165, 1.54) is 0 Å². The van der Waals surface area contributed by atoms with Gasteiger partial charge in [-0.3, -0.25) is 9.59 Å². The summed E-state index contributed by atoms with van der Waals surface area (Å²) >= 11 is 0. The topological polar surface area (TPSA) is 37.4 Å². The fourth-order valence-electron chi connectivity index (χ4n) is 2.02. The zero-order chi connectivity index (χ0) is 13.8. The Labute approximate surface area is 110 Å². The van der Waals surface area contributed by atoms with Crippen LogP contribution < -0.4 is 0 Å². The highest BCUT2D eigenvalue weighted by atomic mass is 16.2. The van der Waals surface area contributed by atoms with Crippen molar-refractivity contribution in [1.82, 2.24) is 4.90 Å². The van der Waals surface area contributed by atoms with E-state index in [9.17, 15) is 9.59 Å². The second-order valence-electron chi connectivity index (χ2n) is 5.89. The third-order valence-corrected chi connectivity index (χ3v) is 3.89. The van der Waals surface area contributed by atoms with E-state index in [1.54, 1.807) is 11.0 Å². The highest BCUT2D eigenvalue weighted by Gasteiger charge is 2.22. The lowest BCUT2D eigenvalue weighted by molar-refractivity contribution is -0.130. The summed E-state index contributed by atoms with van der Waals surface area (Å²) in [5.41, 5.74) is 1.28.